The summed E-state index contributed by atoms with van der Waals surface area (Å²) >= 11 is 10.8. The van der Waals surface area contributed by atoms with Gasteiger partial charge in [-0.05, 0) is 30.1 Å². The summed E-state index contributed by atoms with van der Waals surface area (Å²) in [6.07, 6.45) is -4.40. The molecule has 4 nitrogen and oxygen atoms in total. The molecular formula is C6H5Cl2F3N4. The first-order chi connectivity index (χ1) is 6.79. The Morgan fingerprint density at radius 1 is 1.13 bits per heavy atom. The van der Waals surface area contributed by atoms with Crippen LogP contribution in [0.25, 0.3) is 0 Å². The highest BCUT2D eigenvalue weighted by Crippen LogP contribution is 2.22. The maximum Gasteiger partial charge on any atom is 0.408 e. The highest BCUT2D eigenvalue weighted by Gasteiger charge is 2.36. The molecule has 15 heavy (non-hydrogen) atoms. The Bertz CT molecular complexity index is 336. The van der Waals surface area contributed by atoms with Gasteiger partial charge in [-0.3, -0.25) is 0 Å². The van der Waals surface area contributed by atoms with E-state index in [1.54, 1.807) is 0 Å². The summed E-state index contributed by atoms with van der Waals surface area (Å²) in [5, 5.41) is 1.46. The second-order valence-corrected chi connectivity index (χ2v) is 3.28. The molecule has 0 fully saturated rings. The van der Waals surface area contributed by atoms with Crippen molar-refractivity contribution >= 4 is 29.2 Å². The molecule has 0 radical (unpaired) electrons. The maximum atomic E-state index is 12.1. The van der Waals surface area contributed by atoms with E-state index in [2.05, 4.69) is 15.0 Å². The number of halogens is 5. The van der Waals surface area contributed by atoms with Gasteiger partial charge in [0.05, 0.1) is 0 Å². The average molecular weight is 261 g/mol. The van der Waals surface area contributed by atoms with Crippen LogP contribution < -0.4 is 5.32 Å². The third-order valence-electron chi connectivity index (χ3n) is 1.42. The molecule has 0 bridgehead atoms. The van der Waals surface area contributed by atoms with E-state index >= 15 is 0 Å². The first-order valence-electron chi connectivity index (χ1n) is 3.69. The molecule has 1 N–H and O–H groups in total. The van der Waals surface area contributed by atoms with Crippen LogP contribution in [-0.4, -0.2) is 27.2 Å². The number of nitrogens with zero attached hydrogens (tertiary/aromatic N) is 3. The van der Waals surface area contributed by atoms with Crippen molar-refractivity contribution in [3.05, 3.63) is 10.6 Å². The lowest BCUT2D eigenvalue weighted by atomic mass is 10.3. The first kappa shape index (κ1) is 12.3. The average Bonchev–Trinajstić information content (AvgIpc) is 1.99. The third-order valence-corrected chi connectivity index (χ3v) is 1.76. The van der Waals surface area contributed by atoms with E-state index in [1.807, 2.05) is 5.32 Å². The van der Waals surface area contributed by atoms with Gasteiger partial charge in [0.15, 0.2) is 0 Å². The lowest BCUT2D eigenvalue weighted by Crippen LogP contribution is -2.33. The molecule has 0 aliphatic carbocycles. The van der Waals surface area contributed by atoms with Gasteiger partial charge >= 0.3 is 6.18 Å². The number of hydrogen-bond acceptors (Lipinski definition) is 4. The van der Waals surface area contributed by atoms with Gasteiger partial charge in [0.1, 0.15) is 6.04 Å². The largest absolute Gasteiger partial charge is 0.408 e. The van der Waals surface area contributed by atoms with Crippen LogP contribution in [0.3, 0.4) is 0 Å². The number of alkyl halides is 3. The number of anilines is 1. The Morgan fingerprint density at radius 2 is 1.60 bits per heavy atom. The van der Waals surface area contributed by atoms with Crippen LogP contribution in [0, 0.1) is 0 Å². The number of aromatic nitrogens is 3. The van der Waals surface area contributed by atoms with E-state index in [0.29, 0.717) is 0 Å². The summed E-state index contributed by atoms with van der Waals surface area (Å²) in [7, 11) is 0. The molecule has 1 heterocycles. The molecule has 0 unspecified atom stereocenters. The topological polar surface area (TPSA) is 50.7 Å². The van der Waals surface area contributed by atoms with Crippen molar-refractivity contribution in [2.45, 2.75) is 19.1 Å². The summed E-state index contributed by atoms with van der Waals surface area (Å²) in [6.45, 7) is 0.922. The Kier molecular flexibility index (Phi) is 3.56. The van der Waals surface area contributed by atoms with E-state index < -0.39 is 12.2 Å². The summed E-state index contributed by atoms with van der Waals surface area (Å²) in [6, 6.07) is -1.80. The highest BCUT2D eigenvalue weighted by atomic mass is 35.5. The Morgan fingerprint density at radius 3 is 2.00 bits per heavy atom. The molecule has 0 spiro atoms. The van der Waals surface area contributed by atoms with Gasteiger partial charge in [0, 0.05) is 0 Å². The first-order valence-corrected chi connectivity index (χ1v) is 4.45. The smallest absolute Gasteiger partial charge is 0.343 e. The maximum absolute atomic E-state index is 12.1. The Hall–Kier alpha value is -0.820. The van der Waals surface area contributed by atoms with Gasteiger partial charge in [-0.15, -0.1) is 0 Å². The molecule has 0 aromatic carbocycles. The van der Waals surface area contributed by atoms with Crippen LogP contribution in [0.1, 0.15) is 6.92 Å². The van der Waals surface area contributed by atoms with Gasteiger partial charge in [-0.2, -0.15) is 28.1 Å². The lowest BCUT2D eigenvalue weighted by molar-refractivity contribution is -0.138. The lowest BCUT2D eigenvalue weighted by Gasteiger charge is -2.16. The number of nitrogens with one attached hydrogen (secondary N) is 1. The zero-order valence-electron chi connectivity index (χ0n) is 7.31. The molecule has 0 saturated heterocycles. The summed E-state index contributed by atoms with van der Waals surface area (Å²) in [4.78, 5) is 10.3. The fraction of sp³-hybridized carbons (Fsp3) is 0.500. The van der Waals surface area contributed by atoms with E-state index in [4.69, 9.17) is 23.2 Å². The van der Waals surface area contributed by atoms with Crippen LogP contribution in [0.5, 0.6) is 0 Å². The van der Waals surface area contributed by atoms with E-state index in [0.717, 1.165) is 6.92 Å². The summed E-state index contributed by atoms with van der Waals surface area (Å²) < 4.78 is 36.4. The van der Waals surface area contributed by atoms with Gasteiger partial charge in [-0.1, -0.05) is 0 Å². The predicted octanol–water partition coefficient (Wildman–Crippen LogP) is 2.54. The predicted molar refractivity (Wildman–Crippen MR) is 49.0 cm³/mol. The quantitative estimate of drug-likeness (QED) is 0.888. The normalized spacial score (nSPS) is 13.7. The molecule has 0 aliphatic heterocycles. The minimum absolute atomic E-state index is 0.271. The van der Waals surface area contributed by atoms with Gasteiger partial charge in [0.25, 0.3) is 0 Å². The second kappa shape index (κ2) is 4.36. The van der Waals surface area contributed by atoms with E-state index in [9.17, 15) is 13.2 Å². The van der Waals surface area contributed by atoms with Crippen molar-refractivity contribution < 1.29 is 13.2 Å². The van der Waals surface area contributed by atoms with E-state index in [-0.39, 0.29) is 16.5 Å². The van der Waals surface area contributed by atoms with Gasteiger partial charge in [0.2, 0.25) is 16.5 Å². The molecule has 0 aliphatic rings. The fourth-order valence-corrected chi connectivity index (χ4v) is 1.03. The molecule has 1 atom stereocenters. The highest BCUT2D eigenvalue weighted by molar-refractivity contribution is 6.31. The second-order valence-electron chi connectivity index (χ2n) is 2.60. The molecule has 1 aromatic heterocycles. The van der Waals surface area contributed by atoms with Crippen LogP contribution in [0.2, 0.25) is 10.6 Å². The van der Waals surface area contributed by atoms with Crippen LogP contribution in [-0.2, 0) is 0 Å². The molecule has 0 saturated carbocycles. The number of hydrogen-bond donors (Lipinski definition) is 1. The van der Waals surface area contributed by atoms with Crippen molar-refractivity contribution in [3.8, 4) is 0 Å². The minimum Gasteiger partial charge on any atom is -0.343 e. The van der Waals surface area contributed by atoms with Crippen molar-refractivity contribution in [2.75, 3.05) is 5.32 Å². The van der Waals surface area contributed by atoms with Crippen LogP contribution >= 0.6 is 23.2 Å². The van der Waals surface area contributed by atoms with Crippen molar-refractivity contribution in [1.82, 2.24) is 15.0 Å². The van der Waals surface area contributed by atoms with E-state index in [1.165, 1.54) is 0 Å². The molecule has 84 valence electrons. The molecule has 1 rings (SSSR count). The summed E-state index contributed by atoms with van der Waals surface area (Å²) in [5.41, 5.74) is 0. The van der Waals surface area contributed by atoms with Crippen molar-refractivity contribution in [2.24, 2.45) is 0 Å². The summed E-state index contributed by atoms with van der Waals surface area (Å²) in [5.74, 6) is -0.315. The Labute approximate surface area is 92.8 Å². The zero-order chi connectivity index (χ0) is 11.6. The number of rotatable bonds is 2. The van der Waals surface area contributed by atoms with Crippen molar-refractivity contribution in [1.29, 1.82) is 0 Å². The zero-order valence-corrected chi connectivity index (χ0v) is 8.82. The SMILES string of the molecule is C[C@@H](Nc1nc(Cl)nc(Cl)n1)C(F)(F)F. The molecule has 1 aromatic rings. The molecular weight excluding hydrogens is 256 g/mol. The molecule has 9 heteroatoms. The van der Waals surface area contributed by atoms with Gasteiger partial charge < -0.3 is 5.32 Å². The third kappa shape index (κ3) is 3.67. The monoisotopic (exact) mass is 260 g/mol. The van der Waals surface area contributed by atoms with Gasteiger partial charge in [-0.25, -0.2) is 0 Å². The van der Waals surface area contributed by atoms with Crippen LogP contribution in [0.15, 0.2) is 0 Å². The van der Waals surface area contributed by atoms with Crippen molar-refractivity contribution in [3.63, 3.8) is 0 Å². The minimum atomic E-state index is -4.40. The Balaban J connectivity index is 2.81. The van der Waals surface area contributed by atoms with Crippen LogP contribution in [0.4, 0.5) is 19.1 Å². The molecule has 0 amide bonds. The standard InChI is InChI=1S/C6H5Cl2F3N4/c1-2(6(9,10)11)12-5-14-3(7)13-4(8)15-5/h2H,1H3,(H,12,13,14,15)/t2-/m1/s1. The fourth-order valence-electron chi connectivity index (χ4n) is 0.666.